The summed E-state index contributed by atoms with van der Waals surface area (Å²) in [6.45, 7) is 7.78. The fourth-order valence-corrected chi connectivity index (χ4v) is 8.33. The molecular weight excluding hydrogens is 526 g/mol. The fraction of sp³-hybridized carbons (Fsp3) is 0.708. The minimum Gasteiger partial charge on any atom is -0.477 e. The normalized spacial score (nSPS) is 31.7. The van der Waals surface area contributed by atoms with Gasteiger partial charge in [0.1, 0.15) is 18.6 Å². The smallest absolute Gasteiger partial charge is 0.353 e. The second-order valence-corrected chi connectivity index (χ2v) is 12.8. The molecule has 210 valence electrons. The molecule has 3 amide bonds. The van der Waals surface area contributed by atoms with E-state index >= 15 is 0 Å². The zero-order chi connectivity index (χ0) is 27.5. The van der Waals surface area contributed by atoms with E-state index in [9.17, 15) is 24.3 Å². The number of fused-ring (bicyclic) bond motifs is 1. The number of carbonyl (C=O) groups is 4. The van der Waals surface area contributed by atoms with Crippen molar-refractivity contribution in [1.82, 2.24) is 46.0 Å². The first kappa shape index (κ1) is 26.2. The summed E-state index contributed by atoms with van der Waals surface area (Å²) in [4.78, 5) is 54.9. The number of carboxylic acid groups (broad SMARTS) is 1. The third-order valence-electron chi connectivity index (χ3n) is 8.79. The van der Waals surface area contributed by atoms with Gasteiger partial charge in [-0.2, -0.15) is 0 Å². The fourth-order valence-electron chi connectivity index (χ4n) is 6.85. The van der Waals surface area contributed by atoms with Crippen molar-refractivity contribution in [3.63, 3.8) is 0 Å². The number of carbonyl (C=O) groups excluding carboxylic acids is 3. The van der Waals surface area contributed by atoms with E-state index in [-0.39, 0.29) is 58.6 Å². The van der Waals surface area contributed by atoms with Gasteiger partial charge < -0.3 is 30.9 Å². The summed E-state index contributed by atoms with van der Waals surface area (Å²) in [5, 5.41) is 30.3. The van der Waals surface area contributed by atoms with Gasteiger partial charge in [-0.05, 0) is 36.7 Å². The van der Waals surface area contributed by atoms with Crippen molar-refractivity contribution in [1.29, 1.82) is 0 Å². The van der Waals surface area contributed by atoms with Crippen molar-refractivity contribution in [3.8, 4) is 0 Å². The average molecular weight is 560 g/mol. The standard InChI is InChI=1S/C24H33N9O5S/c1-12-18-17(13(2)28-16(34)7-32-11-27-29-30-32)22(36)33(18)19(23(37)38)20(12)39-14-5-15(26-6-14)21(35)31-9-24(10-31)3-4-25-8-24/h11-15,17-18,25-26H,3-10H2,1-2H3,(H,28,34)(H,37,38)/t12-,13-,14+,15+,17-,18-/m1/s1. The van der Waals surface area contributed by atoms with E-state index in [0.717, 1.165) is 32.6 Å². The van der Waals surface area contributed by atoms with Crippen LogP contribution < -0.4 is 16.0 Å². The number of amides is 3. The van der Waals surface area contributed by atoms with Gasteiger partial charge in [-0.15, -0.1) is 16.9 Å². The highest BCUT2D eigenvalue weighted by atomic mass is 32.2. The van der Waals surface area contributed by atoms with E-state index in [1.54, 1.807) is 6.92 Å². The monoisotopic (exact) mass is 559 g/mol. The molecule has 0 saturated carbocycles. The van der Waals surface area contributed by atoms with Gasteiger partial charge in [0.25, 0.3) is 0 Å². The lowest BCUT2D eigenvalue weighted by Crippen LogP contribution is -2.66. The molecular formula is C24H33N9O5S. The highest BCUT2D eigenvalue weighted by Crippen LogP contribution is 2.52. The van der Waals surface area contributed by atoms with E-state index in [1.807, 2.05) is 11.8 Å². The lowest BCUT2D eigenvalue weighted by molar-refractivity contribution is -0.158. The predicted octanol–water partition coefficient (Wildman–Crippen LogP) is -1.76. The molecule has 0 aromatic carbocycles. The molecule has 6 rings (SSSR count). The number of aromatic nitrogens is 4. The summed E-state index contributed by atoms with van der Waals surface area (Å²) in [5.74, 6) is -2.40. The Hall–Kier alpha value is -3.04. The molecule has 39 heavy (non-hydrogen) atoms. The number of thioether (sulfide) groups is 1. The minimum absolute atomic E-state index is 0.0230. The number of likely N-dealkylation sites (tertiary alicyclic amines) is 1. The largest absolute Gasteiger partial charge is 0.477 e. The van der Waals surface area contributed by atoms with Crippen LogP contribution in [0.5, 0.6) is 0 Å². The zero-order valence-corrected chi connectivity index (χ0v) is 22.7. The molecule has 0 radical (unpaired) electrons. The number of tetrazole rings is 1. The molecule has 4 N–H and O–H groups in total. The van der Waals surface area contributed by atoms with E-state index in [0.29, 0.717) is 17.9 Å². The summed E-state index contributed by atoms with van der Waals surface area (Å²) in [6.07, 6.45) is 3.05. The molecule has 0 aliphatic carbocycles. The summed E-state index contributed by atoms with van der Waals surface area (Å²) in [7, 11) is 0. The van der Waals surface area contributed by atoms with Crippen LogP contribution in [0.15, 0.2) is 16.9 Å². The number of aliphatic carboxylic acids is 1. The van der Waals surface area contributed by atoms with Crippen LogP contribution in [-0.2, 0) is 25.7 Å². The maximum Gasteiger partial charge on any atom is 0.353 e. The second kappa shape index (κ2) is 9.86. The van der Waals surface area contributed by atoms with Gasteiger partial charge in [-0.25, -0.2) is 9.48 Å². The van der Waals surface area contributed by atoms with Gasteiger partial charge in [0, 0.05) is 53.7 Å². The van der Waals surface area contributed by atoms with Crippen molar-refractivity contribution >= 4 is 35.5 Å². The summed E-state index contributed by atoms with van der Waals surface area (Å²) >= 11 is 1.47. The Morgan fingerprint density at radius 2 is 2.13 bits per heavy atom. The lowest BCUT2D eigenvalue weighted by atomic mass is 9.78. The topological polar surface area (TPSA) is 175 Å². The number of hydrogen-bond donors (Lipinski definition) is 4. The Morgan fingerprint density at radius 1 is 1.33 bits per heavy atom. The molecule has 5 aliphatic rings. The van der Waals surface area contributed by atoms with Crippen LogP contribution in [-0.4, -0.2) is 115 Å². The Balaban J connectivity index is 1.08. The highest BCUT2D eigenvalue weighted by Gasteiger charge is 2.60. The van der Waals surface area contributed by atoms with Crippen molar-refractivity contribution in [3.05, 3.63) is 16.9 Å². The van der Waals surface area contributed by atoms with E-state index in [4.69, 9.17) is 0 Å². The average Bonchev–Trinajstić information content (AvgIpc) is 3.66. The van der Waals surface area contributed by atoms with Crippen LogP contribution in [0, 0.1) is 17.3 Å². The molecule has 0 bridgehead atoms. The molecule has 1 spiro atoms. The number of rotatable bonds is 8. The third-order valence-corrected chi connectivity index (χ3v) is 10.3. The summed E-state index contributed by atoms with van der Waals surface area (Å²) in [6, 6.07) is -1.12. The number of β-lactam (4-membered cyclic amide) rings is 1. The number of carboxylic acids is 1. The Labute approximate surface area is 229 Å². The first-order valence-electron chi connectivity index (χ1n) is 13.4. The summed E-state index contributed by atoms with van der Waals surface area (Å²) in [5.41, 5.74) is 0.267. The Morgan fingerprint density at radius 3 is 2.79 bits per heavy atom. The van der Waals surface area contributed by atoms with Gasteiger partial charge in [0.15, 0.2) is 0 Å². The Kier molecular flexibility index (Phi) is 6.62. The quantitative estimate of drug-likeness (QED) is 0.266. The van der Waals surface area contributed by atoms with Crippen LogP contribution in [0.1, 0.15) is 26.7 Å². The minimum atomic E-state index is -1.14. The van der Waals surface area contributed by atoms with Crippen molar-refractivity contribution in [2.75, 3.05) is 32.7 Å². The van der Waals surface area contributed by atoms with Gasteiger partial charge in [0.05, 0.1) is 18.0 Å². The molecule has 1 aromatic rings. The maximum absolute atomic E-state index is 13.2. The molecule has 6 heterocycles. The summed E-state index contributed by atoms with van der Waals surface area (Å²) < 4.78 is 1.29. The molecule has 14 nitrogen and oxygen atoms in total. The van der Waals surface area contributed by atoms with Crippen LogP contribution >= 0.6 is 11.8 Å². The molecule has 15 heteroatoms. The van der Waals surface area contributed by atoms with Gasteiger partial charge >= 0.3 is 5.97 Å². The lowest BCUT2D eigenvalue weighted by Gasteiger charge is -2.48. The maximum atomic E-state index is 13.2. The van der Waals surface area contributed by atoms with E-state index < -0.39 is 17.9 Å². The van der Waals surface area contributed by atoms with Gasteiger partial charge in [-0.1, -0.05) is 6.92 Å². The zero-order valence-electron chi connectivity index (χ0n) is 21.9. The van der Waals surface area contributed by atoms with Crippen LogP contribution in [0.3, 0.4) is 0 Å². The third kappa shape index (κ3) is 4.49. The van der Waals surface area contributed by atoms with E-state index in [2.05, 4.69) is 31.5 Å². The number of nitrogens with zero attached hydrogens (tertiary/aromatic N) is 6. The SMILES string of the molecule is C[C@@H](NC(=O)Cn1cnnn1)[C@H]1C(=O)N2C(C(=O)O)=C(S[C@@H]3CN[C@H](C(=O)N4CC5(CCNC5)C4)C3)[C@H](C)[C@H]12. The first-order valence-corrected chi connectivity index (χ1v) is 14.3. The number of hydrogen-bond acceptors (Lipinski definition) is 10. The Bertz CT molecular complexity index is 1210. The molecule has 4 saturated heterocycles. The highest BCUT2D eigenvalue weighted by molar-refractivity contribution is 8.03. The van der Waals surface area contributed by atoms with Gasteiger partial charge in [-0.3, -0.25) is 14.4 Å². The first-order chi connectivity index (χ1) is 18.7. The van der Waals surface area contributed by atoms with Crippen molar-refractivity contribution in [2.45, 2.75) is 56.6 Å². The van der Waals surface area contributed by atoms with Crippen LogP contribution in [0.4, 0.5) is 0 Å². The van der Waals surface area contributed by atoms with E-state index in [1.165, 1.54) is 27.7 Å². The van der Waals surface area contributed by atoms with Crippen LogP contribution in [0.2, 0.25) is 0 Å². The van der Waals surface area contributed by atoms with Gasteiger partial charge in [0.2, 0.25) is 17.7 Å². The molecule has 4 fully saturated rings. The van der Waals surface area contributed by atoms with Crippen molar-refractivity contribution < 1.29 is 24.3 Å². The molecule has 5 aliphatic heterocycles. The number of nitrogens with one attached hydrogen (secondary N) is 3. The molecule has 6 atom stereocenters. The van der Waals surface area contributed by atoms with Crippen molar-refractivity contribution in [2.24, 2.45) is 17.3 Å². The molecule has 1 aromatic heterocycles. The van der Waals surface area contributed by atoms with Crippen LogP contribution in [0.25, 0.3) is 0 Å². The second-order valence-electron chi connectivity index (χ2n) is 11.5. The molecule has 0 unspecified atom stereocenters. The predicted molar refractivity (Wildman–Crippen MR) is 138 cm³/mol.